The number of likely N-dealkylation sites (N-methyl/N-ethyl adjacent to an activating group) is 1. The van der Waals surface area contributed by atoms with Crippen LogP contribution in [0.15, 0.2) is 4.99 Å². The summed E-state index contributed by atoms with van der Waals surface area (Å²) in [6.45, 7) is 6.62. The molecule has 6 nitrogen and oxygen atoms in total. The summed E-state index contributed by atoms with van der Waals surface area (Å²) < 4.78 is 3.85. The first-order chi connectivity index (χ1) is 8.80. The molecule has 2 unspecified atom stereocenters. The van der Waals surface area contributed by atoms with Gasteiger partial charge in [-0.1, -0.05) is 6.92 Å². The normalized spacial score (nSPS) is 24.6. The van der Waals surface area contributed by atoms with E-state index in [1.54, 1.807) is 11.9 Å². The zero-order chi connectivity index (χ0) is 14.6. The van der Waals surface area contributed by atoms with Crippen LogP contribution in [0.5, 0.6) is 0 Å². The van der Waals surface area contributed by atoms with E-state index in [1.165, 1.54) is 0 Å². The van der Waals surface area contributed by atoms with Crippen LogP contribution < -0.4 is 0 Å². The molecule has 2 atom stereocenters. The molecule has 0 spiro atoms. The molecular formula is C11H19Br2N3O3. The van der Waals surface area contributed by atoms with E-state index in [4.69, 9.17) is 4.74 Å². The van der Waals surface area contributed by atoms with Gasteiger partial charge in [0, 0.05) is 64.5 Å². The highest BCUT2D eigenvalue weighted by Gasteiger charge is 2.45. The monoisotopic (exact) mass is 399 g/mol. The Bertz CT molecular complexity index is 363. The summed E-state index contributed by atoms with van der Waals surface area (Å²) in [4.78, 5) is 16.9. The van der Waals surface area contributed by atoms with Gasteiger partial charge in [0.2, 0.25) is 5.84 Å². The lowest BCUT2D eigenvalue weighted by molar-refractivity contribution is -0.486. The van der Waals surface area contributed by atoms with Gasteiger partial charge in [0.15, 0.2) is 0 Å². The molecule has 0 aromatic heterocycles. The number of rotatable bonds is 5. The number of amidine groups is 1. The molecule has 0 aromatic carbocycles. The lowest BCUT2D eigenvalue weighted by Crippen LogP contribution is -2.44. The van der Waals surface area contributed by atoms with Crippen LogP contribution in [0.3, 0.4) is 0 Å². The minimum absolute atomic E-state index is 0.322. The van der Waals surface area contributed by atoms with Crippen molar-refractivity contribution in [2.45, 2.75) is 17.2 Å². The molecule has 110 valence electrons. The number of halogens is 2. The van der Waals surface area contributed by atoms with Gasteiger partial charge < -0.3 is 9.64 Å². The van der Waals surface area contributed by atoms with Gasteiger partial charge in [0.1, 0.15) is 0 Å². The third kappa shape index (κ3) is 4.13. The third-order valence-corrected chi connectivity index (χ3v) is 4.62. The van der Waals surface area contributed by atoms with E-state index in [0.717, 1.165) is 6.61 Å². The number of nitro groups is 1. The molecule has 1 aliphatic rings. The van der Waals surface area contributed by atoms with Crippen LogP contribution in [0.4, 0.5) is 0 Å². The maximum atomic E-state index is 11.1. The van der Waals surface area contributed by atoms with E-state index in [1.807, 2.05) is 6.92 Å². The fourth-order valence-electron chi connectivity index (χ4n) is 1.82. The second-order valence-electron chi connectivity index (χ2n) is 4.75. The van der Waals surface area contributed by atoms with E-state index in [0.29, 0.717) is 37.4 Å². The van der Waals surface area contributed by atoms with E-state index >= 15 is 0 Å². The molecule has 0 saturated carbocycles. The Kier molecular flexibility index (Phi) is 6.19. The van der Waals surface area contributed by atoms with Crippen molar-refractivity contribution in [1.82, 2.24) is 4.90 Å². The molecule has 8 heteroatoms. The summed E-state index contributed by atoms with van der Waals surface area (Å²) in [6, 6.07) is 0. The number of aliphatic imine (C=N–C) groups is 1. The second-order valence-corrected chi connectivity index (χ2v) is 8.11. The molecule has 0 amide bonds. The molecule has 1 heterocycles. The fourth-order valence-corrected chi connectivity index (χ4v) is 2.68. The third-order valence-electron chi connectivity index (χ3n) is 3.33. The Morgan fingerprint density at radius 3 is 2.63 bits per heavy atom. The quantitative estimate of drug-likeness (QED) is 0.177. The minimum Gasteiger partial charge on any atom is -0.381 e. The van der Waals surface area contributed by atoms with Crippen molar-refractivity contribution < 1.29 is 9.66 Å². The molecule has 19 heavy (non-hydrogen) atoms. The van der Waals surface area contributed by atoms with Crippen LogP contribution in [0.1, 0.15) is 13.8 Å². The first-order valence-corrected chi connectivity index (χ1v) is 7.75. The second kappa shape index (κ2) is 6.99. The van der Waals surface area contributed by atoms with Crippen LogP contribution >= 0.6 is 31.9 Å². The summed E-state index contributed by atoms with van der Waals surface area (Å²) in [7, 11) is 1.79. The Morgan fingerprint density at radius 2 is 2.21 bits per heavy atom. The summed E-state index contributed by atoms with van der Waals surface area (Å²) in [5, 5.41) is 11.1. The van der Waals surface area contributed by atoms with Gasteiger partial charge in [-0.3, -0.25) is 15.1 Å². The number of ether oxygens (including phenoxy) is 1. The largest absolute Gasteiger partial charge is 0.382 e. The van der Waals surface area contributed by atoms with Crippen molar-refractivity contribution in [3.63, 3.8) is 0 Å². The van der Waals surface area contributed by atoms with E-state index in [9.17, 15) is 10.1 Å². The van der Waals surface area contributed by atoms with Crippen molar-refractivity contribution in [2.24, 2.45) is 16.8 Å². The van der Waals surface area contributed by atoms with Gasteiger partial charge in [0.05, 0.1) is 11.5 Å². The van der Waals surface area contributed by atoms with E-state index in [2.05, 4.69) is 43.8 Å². The molecule has 0 aliphatic carbocycles. The molecule has 0 N–H and O–H groups in total. The lowest BCUT2D eigenvalue weighted by atomic mass is 9.99. The highest BCUT2D eigenvalue weighted by Crippen LogP contribution is 2.30. The maximum Gasteiger partial charge on any atom is 0.382 e. The predicted molar refractivity (Wildman–Crippen MR) is 81.7 cm³/mol. The molecular weight excluding hydrogens is 382 g/mol. The smallest absolute Gasteiger partial charge is 0.381 e. The molecule has 1 aliphatic heterocycles. The topological polar surface area (TPSA) is 68.0 Å². The van der Waals surface area contributed by atoms with Crippen LogP contribution in [0.25, 0.3) is 0 Å². The predicted octanol–water partition coefficient (Wildman–Crippen LogP) is 2.34. The van der Waals surface area contributed by atoms with Gasteiger partial charge >= 0.3 is 3.36 Å². The highest BCUT2D eigenvalue weighted by atomic mass is 79.9. The zero-order valence-electron chi connectivity index (χ0n) is 11.3. The SMILES string of the molecule is CCN(C)C(=NCC1COCC1C)C(Br)(Br)[N+](=O)[O-]. The minimum atomic E-state index is -1.53. The summed E-state index contributed by atoms with van der Waals surface area (Å²) in [5.74, 6) is 1.13. The van der Waals surface area contributed by atoms with Gasteiger partial charge in [-0.15, -0.1) is 0 Å². The average Bonchev–Trinajstić information content (AvgIpc) is 2.74. The molecule has 0 radical (unpaired) electrons. The van der Waals surface area contributed by atoms with Crippen LogP contribution in [0.2, 0.25) is 0 Å². The summed E-state index contributed by atoms with van der Waals surface area (Å²) in [6.07, 6.45) is 0. The Balaban J connectivity index is 2.87. The molecule has 1 fully saturated rings. The molecule has 0 bridgehead atoms. The first-order valence-electron chi connectivity index (χ1n) is 6.16. The number of alkyl halides is 2. The average molecular weight is 401 g/mol. The van der Waals surface area contributed by atoms with Crippen LogP contribution in [-0.4, -0.2) is 52.4 Å². The molecule has 0 aromatic rings. The standard InChI is InChI=1S/C11H19Br2N3O3/c1-4-15(3)10(11(12,13)16(17)18)14-5-9-7-19-6-8(9)2/h8-9H,4-7H2,1-3H3. The fraction of sp³-hybridized carbons (Fsp3) is 0.909. The lowest BCUT2D eigenvalue weighted by Gasteiger charge is -2.24. The van der Waals surface area contributed by atoms with Crippen molar-refractivity contribution in [1.29, 1.82) is 0 Å². The molecule has 1 saturated heterocycles. The summed E-state index contributed by atoms with van der Waals surface area (Å²) >= 11 is 6.19. The van der Waals surface area contributed by atoms with Crippen molar-refractivity contribution in [3.05, 3.63) is 10.1 Å². The highest BCUT2D eigenvalue weighted by molar-refractivity contribution is 9.25. The molecule has 1 rings (SSSR count). The van der Waals surface area contributed by atoms with Gasteiger partial charge in [-0.25, -0.2) is 0 Å². The summed E-state index contributed by atoms with van der Waals surface area (Å²) in [5.41, 5.74) is 0. The number of hydrogen-bond acceptors (Lipinski definition) is 4. The van der Waals surface area contributed by atoms with E-state index < -0.39 is 8.28 Å². The van der Waals surface area contributed by atoms with Crippen molar-refractivity contribution in [2.75, 3.05) is 33.4 Å². The Labute approximate surface area is 130 Å². The first kappa shape index (κ1) is 16.8. The maximum absolute atomic E-state index is 11.1. The number of nitrogens with zero attached hydrogens (tertiary/aromatic N) is 3. The van der Waals surface area contributed by atoms with Gasteiger partial charge in [-0.2, -0.15) is 0 Å². The van der Waals surface area contributed by atoms with Crippen molar-refractivity contribution in [3.8, 4) is 0 Å². The van der Waals surface area contributed by atoms with Gasteiger partial charge in [0.25, 0.3) is 0 Å². The van der Waals surface area contributed by atoms with Crippen LogP contribution in [-0.2, 0) is 4.74 Å². The Hall–Kier alpha value is -0.210. The Morgan fingerprint density at radius 1 is 1.58 bits per heavy atom. The number of hydrogen-bond donors (Lipinski definition) is 0. The van der Waals surface area contributed by atoms with E-state index in [-0.39, 0.29) is 0 Å². The van der Waals surface area contributed by atoms with Gasteiger partial charge in [-0.05, 0) is 12.8 Å². The van der Waals surface area contributed by atoms with Crippen molar-refractivity contribution >= 4 is 37.7 Å². The zero-order valence-corrected chi connectivity index (χ0v) is 14.5. The van der Waals surface area contributed by atoms with Crippen LogP contribution in [0, 0.1) is 22.0 Å².